The highest BCUT2D eigenvalue weighted by Gasteiger charge is 2.27. The van der Waals surface area contributed by atoms with Gasteiger partial charge in [0.2, 0.25) is 5.91 Å². The van der Waals surface area contributed by atoms with Gasteiger partial charge in [-0.05, 0) is 92.3 Å². The van der Waals surface area contributed by atoms with Gasteiger partial charge in [-0.15, -0.1) is 23.1 Å². The van der Waals surface area contributed by atoms with E-state index in [0.717, 1.165) is 53.9 Å². The van der Waals surface area contributed by atoms with Gasteiger partial charge < -0.3 is 25.4 Å². The van der Waals surface area contributed by atoms with E-state index in [-0.39, 0.29) is 11.6 Å². The van der Waals surface area contributed by atoms with Crippen LogP contribution in [-0.2, 0) is 27.2 Å². The molecule has 0 saturated carbocycles. The van der Waals surface area contributed by atoms with Gasteiger partial charge in [0, 0.05) is 21.0 Å². The first-order chi connectivity index (χ1) is 23.7. The Morgan fingerprint density at radius 1 is 0.857 bits per heavy atom. The largest absolute Gasteiger partial charge is 0.497 e. The number of amides is 3. The van der Waals surface area contributed by atoms with Crippen LogP contribution in [0.3, 0.4) is 0 Å². The lowest BCUT2D eigenvalue weighted by Crippen LogP contribution is -2.30. The van der Waals surface area contributed by atoms with Gasteiger partial charge in [0.05, 0.1) is 25.0 Å². The Kier molecular flexibility index (Phi) is 12.3. The Morgan fingerprint density at radius 2 is 1.59 bits per heavy atom. The molecule has 4 aromatic rings. The predicted octanol–water partition coefficient (Wildman–Crippen LogP) is 7.73. The highest BCUT2D eigenvalue weighted by Crippen LogP contribution is 2.38. The molecule has 0 aliphatic heterocycles. The van der Waals surface area contributed by atoms with Gasteiger partial charge >= 0.3 is 5.97 Å². The highest BCUT2D eigenvalue weighted by molar-refractivity contribution is 8.00. The average molecular weight is 698 g/mol. The van der Waals surface area contributed by atoms with Crippen LogP contribution in [0.1, 0.15) is 69.3 Å². The quantitative estimate of drug-likeness (QED) is 0.0833. The van der Waals surface area contributed by atoms with Crippen molar-refractivity contribution in [2.45, 2.75) is 55.6 Å². The minimum absolute atomic E-state index is 0.0521. The molecule has 3 amide bonds. The summed E-state index contributed by atoms with van der Waals surface area (Å²) in [6.45, 7) is 1.79. The number of thiophene rings is 1. The summed E-state index contributed by atoms with van der Waals surface area (Å²) in [5, 5.41) is 8.64. The molecule has 1 aromatic heterocycles. The van der Waals surface area contributed by atoms with Gasteiger partial charge in [-0.25, -0.2) is 4.79 Å². The van der Waals surface area contributed by atoms with E-state index in [9.17, 15) is 19.2 Å². The highest BCUT2D eigenvalue weighted by atomic mass is 32.2. The van der Waals surface area contributed by atoms with Crippen LogP contribution in [-0.4, -0.2) is 43.2 Å². The molecule has 1 aliphatic carbocycles. The van der Waals surface area contributed by atoms with Crippen molar-refractivity contribution in [1.29, 1.82) is 0 Å². The lowest BCUT2D eigenvalue weighted by Gasteiger charge is -2.14. The molecule has 11 heteroatoms. The second-order valence-corrected chi connectivity index (χ2v) is 14.0. The monoisotopic (exact) mass is 697 g/mol. The van der Waals surface area contributed by atoms with Crippen LogP contribution in [0, 0.1) is 0 Å². The van der Waals surface area contributed by atoms with Crippen molar-refractivity contribution in [3.05, 3.63) is 112 Å². The van der Waals surface area contributed by atoms with Gasteiger partial charge in [0.1, 0.15) is 16.4 Å². The molecule has 0 fully saturated rings. The Labute approximate surface area is 294 Å². The second-order valence-electron chi connectivity index (χ2n) is 11.5. The van der Waals surface area contributed by atoms with E-state index in [1.807, 2.05) is 12.1 Å². The molecule has 0 spiro atoms. The molecular weight excluding hydrogens is 659 g/mol. The van der Waals surface area contributed by atoms with Crippen molar-refractivity contribution < 1.29 is 28.7 Å². The number of carbonyl (C=O) groups is 4. The summed E-state index contributed by atoms with van der Waals surface area (Å²) >= 11 is 2.79. The fourth-order valence-corrected chi connectivity index (χ4v) is 7.66. The lowest BCUT2D eigenvalue weighted by atomic mass is 9.96. The van der Waals surface area contributed by atoms with Gasteiger partial charge in [-0.1, -0.05) is 49.2 Å². The summed E-state index contributed by atoms with van der Waals surface area (Å²) in [6.07, 6.45) is 7.60. The van der Waals surface area contributed by atoms with E-state index < -0.39 is 23.0 Å². The zero-order chi connectivity index (χ0) is 34.8. The van der Waals surface area contributed by atoms with Gasteiger partial charge in [-0.2, -0.15) is 0 Å². The number of esters is 1. The van der Waals surface area contributed by atoms with Crippen LogP contribution in [0.2, 0.25) is 0 Å². The van der Waals surface area contributed by atoms with Gasteiger partial charge in [-0.3, -0.25) is 14.4 Å². The number of fused-ring (bicyclic) bond motifs is 1. The molecule has 1 heterocycles. The van der Waals surface area contributed by atoms with E-state index >= 15 is 0 Å². The predicted molar refractivity (Wildman–Crippen MR) is 195 cm³/mol. The van der Waals surface area contributed by atoms with Gasteiger partial charge in [0.25, 0.3) is 11.8 Å². The number of rotatable bonds is 11. The fourth-order valence-electron chi connectivity index (χ4n) is 5.45. The second kappa shape index (κ2) is 17.0. The third-order valence-corrected chi connectivity index (χ3v) is 10.3. The van der Waals surface area contributed by atoms with Crippen LogP contribution < -0.4 is 20.7 Å². The molecule has 254 valence electrons. The zero-order valence-corrected chi connectivity index (χ0v) is 29.3. The molecule has 1 atom stereocenters. The van der Waals surface area contributed by atoms with E-state index in [0.29, 0.717) is 33.1 Å². The van der Waals surface area contributed by atoms with Crippen LogP contribution in [0.15, 0.2) is 89.5 Å². The first kappa shape index (κ1) is 35.4. The van der Waals surface area contributed by atoms with Crippen molar-refractivity contribution in [3.63, 3.8) is 0 Å². The summed E-state index contributed by atoms with van der Waals surface area (Å²) in [7, 11) is 2.93. The van der Waals surface area contributed by atoms with Crippen molar-refractivity contribution in [1.82, 2.24) is 5.32 Å². The van der Waals surface area contributed by atoms with Crippen LogP contribution in [0.25, 0.3) is 6.08 Å². The van der Waals surface area contributed by atoms with E-state index in [1.54, 1.807) is 86.8 Å². The zero-order valence-electron chi connectivity index (χ0n) is 27.7. The number of thioether (sulfide) groups is 1. The number of methoxy groups -OCH3 is 2. The Hall–Kier alpha value is -4.87. The third-order valence-electron chi connectivity index (χ3n) is 8.03. The average Bonchev–Trinajstić information content (AvgIpc) is 3.43. The SMILES string of the molecule is COC(=O)c1c(NC(=O)C(C)Sc2cccc(NC(=O)/C(=C\c3ccc(OC)cc3)NC(=O)c3ccccc3)c2)sc2c1CCCCCC2. The summed E-state index contributed by atoms with van der Waals surface area (Å²) < 4.78 is 10.3. The van der Waals surface area contributed by atoms with Crippen molar-refractivity contribution in [3.8, 4) is 5.75 Å². The van der Waals surface area contributed by atoms with Crippen molar-refractivity contribution in [2.75, 3.05) is 24.9 Å². The molecule has 3 N–H and O–H groups in total. The molecular formula is C38H39N3O6S2. The maximum Gasteiger partial charge on any atom is 0.341 e. The first-order valence-electron chi connectivity index (χ1n) is 16.1. The molecule has 1 aliphatic rings. The summed E-state index contributed by atoms with van der Waals surface area (Å²) in [4.78, 5) is 54.7. The minimum Gasteiger partial charge on any atom is -0.497 e. The lowest BCUT2D eigenvalue weighted by molar-refractivity contribution is -0.115. The van der Waals surface area contributed by atoms with Crippen LogP contribution >= 0.6 is 23.1 Å². The summed E-state index contributed by atoms with van der Waals surface area (Å²) in [5.74, 6) is -0.952. The fraction of sp³-hybridized carbons (Fsp3) is 0.263. The Balaban J connectivity index is 1.30. The maximum absolute atomic E-state index is 13.6. The Morgan fingerprint density at radius 3 is 2.31 bits per heavy atom. The molecule has 49 heavy (non-hydrogen) atoms. The molecule has 9 nitrogen and oxygen atoms in total. The third kappa shape index (κ3) is 9.39. The standard InChI is InChI=1S/C38H39N3O6S2/c1-24(34(42)41-37-33(38(45)47-3)30-16-9-4-5-10-17-32(30)49-37)48-29-15-11-14-27(23-29)39-36(44)31(22-25-18-20-28(46-2)21-19-25)40-35(43)26-12-7-6-8-13-26/h6-8,11-15,18-24H,4-5,9-10,16-17H2,1-3H3,(H,39,44)(H,40,43)(H,41,42)/b31-22+. The topological polar surface area (TPSA) is 123 Å². The van der Waals surface area contributed by atoms with E-state index in [2.05, 4.69) is 16.0 Å². The first-order valence-corrected chi connectivity index (χ1v) is 17.8. The molecule has 0 radical (unpaired) electrons. The molecule has 3 aromatic carbocycles. The number of aryl methyl sites for hydroxylation is 1. The maximum atomic E-state index is 13.6. The molecule has 0 bridgehead atoms. The van der Waals surface area contributed by atoms with Crippen LogP contribution in [0.4, 0.5) is 10.7 Å². The number of anilines is 2. The minimum atomic E-state index is -0.517. The summed E-state index contributed by atoms with van der Waals surface area (Å²) in [6, 6.07) is 22.9. The number of hydrogen-bond acceptors (Lipinski definition) is 8. The number of carbonyl (C=O) groups excluding carboxylic acids is 4. The number of hydrogen-bond donors (Lipinski definition) is 3. The molecule has 5 rings (SSSR count). The van der Waals surface area contributed by atoms with Crippen LogP contribution in [0.5, 0.6) is 5.75 Å². The number of benzene rings is 3. The van der Waals surface area contributed by atoms with E-state index in [1.165, 1.54) is 30.2 Å². The Bertz CT molecular complexity index is 1840. The van der Waals surface area contributed by atoms with Crippen molar-refractivity contribution in [2.24, 2.45) is 0 Å². The smallest absolute Gasteiger partial charge is 0.341 e. The van der Waals surface area contributed by atoms with Gasteiger partial charge in [0.15, 0.2) is 0 Å². The molecule has 1 unspecified atom stereocenters. The number of ether oxygens (including phenoxy) is 2. The normalized spacial score (nSPS) is 13.6. The summed E-state index contributed by atoms with van der Waals surface area (Å²) in [5.41, 5.74) is 3.11. The van der Waals surface area contributed by atoms with E-state index in [4.69, 9.17) is 9.47 Å². The van der Waals surface area contributed by atoms with Crippen molar-refractivity contribution >= 4 is 63.6 Å². The number of nitrogens with one attached hydrogen (secondary N) is 3. The molecule has 0 saturated heterocycles.